The van der Waals surface area contributed by atoms with Crippen molar-refractivity contribution in [2.75, 3.05) is 0 Å². The molecule has 0 unspecified atom stereocenters. The van der Waals surface area contributed by atoms with Crippen molar-refractivity contribution in [2.24, 2.45) is 0 Å². The molecule has 0 saturated carbocycles. The summed E-state index contributed by atoms with van der Waals surface area (Å²) < 4.78 is 0. The van der Waals surface area contributed by atoms with E-state index in [0.29, 0.717) is 0 Å². The van der Waals surface area contributed by atoms with Gasteiger partial charge in [0.15, 0.2) is 0 Å². The fourth-order valence-electron chi connectivity index (χ4n) is 0. The fraction of sp³-hybridized carbons (Fsp3) is 0. The third-order valence-electron chi connectivity index (χ3n) is 0. The van der Waals surface area contributed by atoms with Gasteiger partial charge >= 0.3 is 0 Å². The van der Waals surface area contributed by atoms with Gasteiger partial charge in [0.25, 0.3) is 0 Å². The molecule has 4 heteroatoms. The molecule has 0 rings (SSSR count). The molecular weight excluding hydrogens is 343 g/mol. The third-order valence-corrected chi connectivity index (χ3v) is 0. The van der Waals surface area contributed by atoms with Gasteiger partial charge < -0.3 is 0 Å². The van der Waals surface area contributed by atoms with Crippen molar-refractivity contribution in [3.63, 3.8) is 0 Å². The second-order valence-electron chi connectivity index (χ2n) is 0. The first-order valence-corrected chi connectivity index (χ1v) is 0. The molecule has 0 aliphatic rings. The van der Waals surface area contributed by atoms with Crippen LogP contribution in [0.15, 0.2) is 0 Å². The molecule has 0 fully saturated rings. The van der Waals surface area contributed by atoms with Crippen molar-refractivity contribution in [3.05, 3.63) is 0 Å². The van der Waals surface area contributed by atoms with E-state index in [1.54, 1.807) is 0 Å². The van der Waals surface area contributed by atoms with Crippen LogP contribution in [0.4, 0.5) is 0 Å². The van der Waals surface area contributed by atoms with Crippen molar-refractivity contribution in [2.45, 2.75) is 0 Å². The first-order valence-electron chi connectivity index (χ1n) is 0. The minimum Gasteiger partial charge on any atom is 0 e. The number of hydrogen-bond acceptors (Lipinski definition) is 0. The average Bonchev–Trinajstić information content (AvgIpc) is 0. The van der Waals surface area contributed by atoms with Gasteiger partial charge in [0.05, 0.1) is 8.41 Å². The molecule has 0 spiro atoms. The summed E-state index contributed by atoms with van der Waals surface area (Å²) in [6, 6.07) is 0. The molecule has 0 radical (unpaired) electrons. The van der Waals surface area contributed by atoms with Gasteiger partial charge in [-0.05, 0) is 0 Å². The van der Waals surface area contributed by atoms with E-state index in [4.69, 9.17) is 0 Å². The number of rotatable bonds is 0. The molecule has 0 heterocycles. The van der Waals surface area contributed by atoms with Crippen LogP contribution in [0.1, 0.15) is 0 Å². The molecule has 0 aliphatic heterocycles. The van der Waals surface area contributed by atoms with Gasteiger partial charge in [-0.15, -0.1) is 0 Å². The van der Waals surface area contributed by atoms with Crippen LogP contribution in [0.2, 0.25) is 0 Å². The topological polar surface area (TPSA) is 0 Å². The summed E-state index contributed by atoms with van der Waals surface area (Å²) >= 11 is 0. The van der Waals surface area contributed by atoms with E-state index in [9.17, 15) is 0 Å². The zero-order valence-corrected chi connectivity index (χ0v) is 7.44. The van der Waals surface area contributed by atoms with Gasteiger partial charge in [-0.3, -0.25) is 0 Å². The summed E-state index contributed by atoms with van der Waals surface area (Å²) in [4.78, 5) is 0. The first kappa shape index (κ1) is 37.9. The van der Waals surface area contributed by atoms with Crippen LogP contribution in [-0.4, -0.2) is 8.41 Å². The molecule has 0 aromatic carbocycles. The molecule has 0 amide bonds. The summed E-state index contributed by atoms with van der Waals surface area (Å²) in [5.41, 5.74) is 0. The summed E-state index contributed by atoms with van der Waals surface area (Å²) in [5, 5.41) is 0. The zero-order valence-electron chi connectivity index (χ0n) is 1.22. The van der Waals surface area contributed by atoms with Gasteiger partial charge in [0.2, 0.25) is 0 Å². The van der Waals surface area contributed by atoms with E-state index in [-0.39, 0.29) is 67.9 Å². The van der Waals surface area contributed by atoms with Crippen molar-refractivity contribution in [1.82, 2.24) is 0 Å². The van der Waals surface area contributed by atoms with E-state index in [1.165, 1.54) is 0 Å². The van der Waals surface area contributed by atoms with E-state index in [2.05, 4.69) is 0 Å². The van der Waals surface area contributed by atoms with Crippen molar-refractivity contribution < 1.29 is 59.5 Å². The van der Waals surface area contributed by atoms with Crippen molar-refractivity contribution in [3.8, 4) is 0 Å². The van der Waals surface area contributed by atoms with Crippen LogP contribution in [0.5, 0.6) is 0 Å². The Bertz CT molecular complexity index is 8.00. The largest absolute Gasteiger partial charge is 0.0814 e. The smallest absolute Gasteiger partial charge is 0 e. The molecule has 0 aromatic heterocycles. The Balaban J connectivity index is 0. The van der Waals surface area contributed by atoms with Gasteiger partial charge in [0.1, 0.15) is 0 Å². The molecule has 0 aromatic rings. The fourth-order valence-corrected chi connectivity index (χ4v) is 0. The predicted molar refractivity (Wildman–Crippen MR) is 9.94 cm³/mol. The monoisotopic (exact) mass is 348 g/mol. The van der Waals surface area contributed by atoms with Crippen LogP contribution >= 0.6 is 0 Å². The first-order chi connectivity index (χ1) is 0. The summed E-state index contributed by atoms with van der Waals surface area (Å²) in [6.07, 6.45) is 0. The Labute approximate surface area is 67.3 Å². The molecule has 0 aliphatic carbocycles. The van der Waals surface area contributed by atoms with Gasteiger partial charge in [-0.1, -0.05) is 0 Å². The maximum absolute atomic E-state index is 0. The standard InChI is InChI=1S/BH3.Cr.Mo.W/h1H3;;;. The zero-order chi connectivity index (χ0) is 0. The van der Waals surface area contributed by atoms with Gasteiger partial charge in [-0.25, -0.2) is 0 Å². The van der Waals surface area contributed by atoms with Crippen molar-refractivity contribution in [1.29, 1.82) is 0 Å². The second-order valence-corrected chi connectivity index (χ2v) is 0. The minimum absolute atomic E-state index is 0. The summed E-state index contributed by atoms with van der Waals surface area (Å²) in [5.74, 6) is 0. The summed E-state index contributed by atoms with van der Waals surface area (Å²) in [6.45, 7) is 0. The van der Waals surface area contributed by atoms with Crippen LogP contribution in [0.3, 0.4) is 0 Å². The molecule has 0 nitrogen and oxygen atoms in total. The van der Waals surface area contributed by atoms with Crippen LogP contribution in [-0.2, 0) is 59.5 Å². The average molecular weight is 346 g/mol. The Kier molecular flexibility index (Phi) is 191. The molecule has 4 heavy (non-hydrogen) atoms. The van der Waals surface area contributed by atoms with E-state index < -0.39 is 0 Å². The van der Waals surface area contributed by atoms with Crippen molar-refractivity contribution >= 4 is 8.41 Å². The van der Waals surface area contributed by atoms with Crippen LogP contribution in [0.25, 0.3) is 0 Å². The SMILES string of the molecule is B.[Cr].[Mo].[W]. The minimum atomic E-state index is 0. The Morgan fingerprint density at radius 2 is 1.00 bits per heavy atom. The molecular formula is H3BCrMoW. The van der Waals surface area contributed by atoms with E-state index in [0.717, 1.165) is 0 Å². The van der Waals surface area contributed by atoms with E-state index >= 15 is 0 Å². The van der Waals surface area contributed by atoms with Gasteiger partial charge in [0, 0.05) is 59.5 Å². The van der Waals surface area contributed by atoms with Crippen LogP contribution < -0.4 is 0 Å². The second kappa shape index (κ2) is 20.2. The number of hydrogen-bond donors (Lipinski definition) is 0. The molecule has 0 bridgehead atoms. The summed E-state index contributed by atoms with van der Waals surface area (Å²) in [7, 11) is 0. The quantitative estimate of drug-likeness (QED) is 0.484. The Morgan fingerprint density at radius 1 is 1.00 bits per heavy atom. The third kappa shape index (κ3) is 9.02. The maximum Gasteiger partial charge on any atom is 0.0814 e. The predicted octanol–water partition coefficient (Wildman–Crippen LogP) is -1.19. The van der Waals surface area contributed by atoms with Crippen LogP contribution in [0, 0.1) is 0 Å². The Morgan fingerprint density at radius 3 is 1.00 bits per heavy atom. The van der Waals surface area contributed by atoms with E-state index in [1.807, 2.05) is 0 Å². The molecule has 0 saturated heterocycles. The van der Waals surface area contributed by atoms with Gasteiger partial charge in [-0.2, -0.15) is 0 Å². The molecule has 0 N–H and O–H groups in total. The Hall–Kier alpha value is 1.97. The maximum atomic E-state index is 0. The molecule has 0 atom stereocenters. The molecule has 24 valence electrons. The normalized spacial score (nSPS) is 0.